The van der Waals surface area contributed by atoms with Crippen LogP contribution in [0.3, 0.4) is 0 Å². The normalized spacial score (nSPS) is 12.8. The molecule has 128 valence electrons. The lowest BCUT2D eigenvalue weighted by Crippen LogP contribution is -2.20. The van der Waals surface area contributed by atoms with Crippen molar-refractivity contribution in [3.8, 4) is 0 Å². The number of benzene rings is 4. The quantitative estimate of drug-likeness (QED) is 0.415. The van der Waals surface area contributed by atoms with Crippen molar-refractivity contribution in [2.75, 3.05) is 0 Å². The average Bonchev–Trinajstić information content (AvgIpc) is 2.73. The first-order valence-corrected chi connectivity index (χ1v) is 10.7. The van der Waals surface area contributed by atoms with Crippen molar-refractivity contribution in [2.24, 2.45) is 0 Å². The van der Waals surface area contributed by atoms with Crippen molar-refractivity contribution in [3.63, 3.8) is 0 Å². The third-order valence-electron chi connectivity index (χ3n) is 5.08. The Labute approximate surface area is 154 Å². The molecular formula is C24H21OP. The second kappa shape index (κ2) is 6.94. The summed E-state index contributed by atoms with van der Waals surface area (Å²) in [7, 11) is -2.82. The van der Waals surface area contributed by atoms with Gasteiger partial charge in [0.25, 0.3) is 0 Å². The van der Waals surface area contributed by atoms with Gasteiger partial charge in [0, 0.05) is 16.3 Å². The molecule has 2 heteroatoms. The van der Waals surface area contributed by atoms with Crippen molar-refractivity contribution < 1.29 is 4.57 Å². The van der Waals surface area contributed by atoms with Crippen molar-refractivity contribution in [2.45, 2.75) is 12.6 Å². The standard InChI is InChI=1S/C24H21OP/c1-19(21-17-16-20-10-8-9-11-22(20)18-21)26(25,23-12-4-2-5-13-23)24-14-6-3-7-15-24/h2-19H,1H3. The smallest absolute Gasteiger partial charge is 0.150 e. The van der Waals surface area contributed by atoms with E-state index in [0.29, 0.717) is 0 Å². The molecule has 0 saturated carbocycles. The SMILES string of the molecule is CC(c1ccc2ccccc2c1)P(=O)(c1ccccc1)c1ccccc1. The van der Waals surface area contributed by atoms with Gasteiger partial charge in [-0.05, 0) is 16.3 Å². The van der Waals surface area contributed by atoms with Gasteiger partial charge in [-0.25, -0.2) is 0 Å². The Morgan fingerprint density at radius 2 is 1.12 bits per heavy atom. The lowest BCUT2D eigenvalue weighted by atomic mass is 10.1. The Kier molecular flexibility index (Phi) is 4.49. The maximum atomic E-state index is 14.5. The molecule has 1 nitrogen and oxygen atoms in total. The van der Waals surface area contributed by atoms with Gasteiger partial charge in [-0.2, -0.15) is 0 Å². The van der Waals surface area contributed by atoms with E-state index in [2.05, 4.69) is 37.3 Å². The summed E-state index contributed by atoms with van der Waals surface area (Å²) in [5.74, 6) is 0. The topological polar surface area (TPSA) is 17.1 Å². The van der Waals surface area contributed by atoms with Crippen LogP contribution in [0.25, 0.3) is 10.8 Å². The van der Waals surface area contributed by atoms with Crippen LogP contribution in [-0.2, 0) is 4.57 Å². The van der Waals surface area contributed by atoms with Gasteiger partial charge in [0.05, 0.1) is 0 Å². The summed E-state index contributed by atoms with van der Waals surface area (Å²) in [6.07, 6.45) is 0. The summed E-state index contributed by atoms with van der Waals surface area (Å²) in [5.41, 5.74) is 1.01. The summed E-state index contributed by atoms with van der Waals surface area (Å²) >= 11 is 0. The van der Waals surface area contributed by atoms with E-state index in [-0.39, 0.29) is 5.66 Å². The van der Waals surface area contributed by atoms with E-state index in [1.807, 2.05) is 72.8 Å². The van der Waals surface area contributed by atoms with Crippen molar-refractivity contribution in [1.82, 2.24) is 0 Å². The van der Waals surface area contributed by atoms with Crippen LogP contribution in [0.4, 0.5) is 0 Å². The molecule has 4 rings (SSSR count). The van der Waals surface area contributed by atoms with E-state index in [1.54, 1.807) is 0 Å². The van der Waals surface area contributed by atoms with Crippen LogP contribution in [0, 0.1) is 0 Å². The fourth-order valence-electron chi connectivity index (χ4n) is 3.57. The molecule has 0 fully saturated rings. The highest BCUT2D eigenvalue weighted by molar-refractivity contribution is 7.79. The molecule has 0 amide bonds. The van der Waals surface area contributed by atoms with Gasteiger partial charge in [-0.1, -0.05) is 110 Å². The highest BCUT2D eigenvalue weighted by Gasteiger charge is 2.34. The third-order valence-corrected chi connectivity index (χ3v) is 8.60. The maximum Gasteiger partial charge on any atom is 0.150 e. The lowest BCUT2D eigenvalue weighted by Gasteiger charge is -2.26. The minimum Gasteiger partial charge on any atom is -0.313 e. The van der Waals surface area contributed by atoms with Crippen LogP contribution in [0.1, 0.15) is 18.1 Å². The van der Waals surface area contributed by atoms with Crippen LogP contribution in [0.5, 0.6) is 0 Å². The van der Waals surface area contributed by atoms with E-state index < -0.39 is 7.14 Å². The number of hydrogen-bond donors (Lipinski definition) is 0. The molecule has 4 aromatic carbocycles. The average molecular weight is 356 g/mol. The van der Waals surface area contributed by atoms with Crippen molar-refractivity contribution in [3.05, 3.63) is 109 Å². The van der Waals surface area contributed by atoms with Gasteiger partial charge in [0.2, 0.25) is 0 Å². The van der Waals surface area contributed by atoms with E-state index in [1.165, 1.54) is 10.8 Å². The minimum atomic E-state index is -2.82. The highest BCUT2D eigenvalue weighted by atomic mass is 31.2. The summed E-state index contributed by atoms with van der Waals surface area (Å²) in [6.45, 7) is 2.09. The van der Waals surface area contributed by atoms with E-state index in [0.717, 1.165) is 16.2 Å². The summed E-state index contributed by atoms with van der Waals surface area (Å²) in [4.78, 5) is 0. The zero-order chi connectivity index (χ0) is 18.0. The first-order valence-electron chi connectivity index (χ1n) is 8.89. The molecule has 1 atom stereocenters. The Hall–Kier alpha value is -2.63. The molecule has 26 heavy (non-hydrogen) atoms. The molecule has 0 bridgehead atoms. The van der Waals surface area contributed by atoms with Gasteiger partial charge >= 0.3 is 0 Å². The Morgan fingerprint density at radius 3 is 1.69 bits per heavy atom. The zero-order valence-electron chi connectivity index (χ0n) is 14.7. The molecule has 0 aliphatic heterocycles. The molecule has 0 N–H and O–H groups in total. The molecule has 0 spiro atoms. The predicted octanol–water partition coefficient (Wildman–Crippen LogP) is 5.91. The van der Waals surface area contributed by atoms with Gasteiger partial charge in [0.15, 0.2) is 0 Å². The molecule has 0 aromatic heterocycles. The molecular weight excluding hydrogens is 335 g/mol. The Morgan fingerprint density at radius 1 is 0.615 bits per heavy atom. The van der Waals surface area contributed by atoms with Crippen LogP contribution < -0.4 is 10.6 Å². The summed E-state index contributed by atoms with van der Waals surface area (Å²) in [5, 5.41) is 4.21. The van der Waals surface area contributed by atoms with Crippen molar-refractivity contribution in [1.29, 1.82) is 0 Å². The monoisotopic (exact) mass is 356 g/mol. The number of fused-ring (bicyclic) bond motifs is 1. The predicted molar refractivity (Wildman–Crippen MR) is 112 cm³/mol. The minimum absolute atomic E-state index is 0.100. The Bertz CT molecular complexity index is 1030. The second-order valence-electron chi connectivity index (χ2n) is 6.61. The zero-order valence-corrected chi connectivity index (χ0v) is 15.6. The van der Waals surface area contributed by atoms with Crippen LogP contribution in [0.2, 0.25) is 0 Å². The lowest BCUT2D eigenvalue weighted by molar-refractivity contribution is 0.581. The highest BCUT2D eigenvalue weighted by Crippen LogP contribution is 2.57. The van der Waals surface area contributed by atoms with E-state index in [4.69, 9.17) is 0 Å². The van der Waals surface area contributed by atoms with Gasteiger partial charge in [0.1, 0.15) is 7.14 Å². The first kappa shape index (κ1) is 16.8. The summed E-state index contributed by atoms with van der Waals surface area (Å²) < 4.78 is 14.5. The molecule has 0 radical (unpaired) electrons. The summed E-state index contributed by atoms with van der Waals surface area (Å²) in [6, 6.07) is 34.5. The molecule has 0 saturated heterocycles. The van der Waals surface area contributed by atoms with E-state index in [9.17, 15) is 4.57 Å². The molecule has 0 aliphatic carbocycles. The molecule has 0 aliphatic rings. The molecule has 0 heterocycles. The Balaban J connectivity index is 1.89. The van der Waals surface area contributed by atoms with E-state index >= 15 is 0 Å². The number of hydrogen-bond acceptors (Lipinski definition) is 1. The van der Waals surface area contributed by atoms with Crippen LogP contribution in [0.15, 0.2) is 103 Å². The molecule has 1 unspecified atom stereocenters. The van der Waals surface area contributed by atoms with Crippen LogP contribution in [-0.4, -0.2) is 0 Å². The van der Waals surface area contributed by atoms with Gasteiger partial charge < -0.3 is 4.57 Å². The van der Waals surface area contributed by atoms with Crippen LogP contribution >= 0.6 is 7.14 Å². The second-order valence-corrected chi connectivity index (χ2v) is 9.74. The maximum absolute atomic E-state index is 14.5. The number of rotatable bonds is 4. The van der Waals surface area contributed by atoms with Gasteiger partial charge in [-0.3, -0.25) is 0 Å². The third kappa shape index (κ3) is 2.89. The van der Waals surface area contributed by atoms with Gasteiger partial charge in [-0.15, -0.1) is 0 Å². The largest absolute Gasteiger partial charge is 0.313 e. The van der Waals surface area contributed by atoms with Crippen molar-refractivity contribution >= 4 is 28.5 Å². The fourth-order valence-corrected chi connectivity index (χ4v) is 6.58. The fraction of sp³-hybridized carbons (Fsp3) is 0.0833. The molecule has 4 aromatic rings. The first-order chi connectivity index (χ1) is 12.7.